The van der Waals surface area contributed by atoms with Crippen molar-refractivity contribution in [2.45, 2.75) is 25.1 Å². The average Bonchev–Trinajstić information content (AvgIpc) is 3.00. The molecule has 4 nitrogen and oxygen atoms in total. The van der Waals surface area contributed by atoms with Gasteiger partial charge in [-0.1, -0.05) is 30.0 Å². The molecule has 1 aromatic carbocycles. The smallest absolute Gasteiger partial charge is 0.213 e. The molecular formula is C15H17N3OS2. The number of aryl methyl sites for hydroxylation is 1. The fourth-order valence-electron chi connectivity index (χ4n) is 2.16. The van der Waals surface area contributed by atoms with E-state index < -0.39 is 0 Å². The monoisotopic (exact) mass is 319 g/mol. The zero-order chi connectivity index (χ0) is 14.8. The highest BCUT2D eigenvalue weighted by atomic mass is 32.2. The fraction of sp³-hybridized carbons (Fsp3) is 0.333. The lowest BCUT2D eigenvalue weighted by atomic mass is 10.1. The van der Waals surface area contributed by atoms with Gasteiger partial charge >= 0.3 is 0 Å². The summed E-state index contributed by atoms with van der Waals surface area (Å²) in [6.45, 7) is 6.86. The Morgan fingerprint density at radius 1 is 1.24 bits per heavy atom. The maximum absolute atomic E-state index is 5.47. The third kappa shape index (κ3) is 2.78. The van der Waals surface area contributed by atoms with Crippen LogP contribution in [0.15, 0.2) is 28.6 Å². The van der Waals surface area contributed by atoms with Gasteiger partial charge in [0, 0.05) is 5.56 Å². The van der Waals surface area contributed by atoms with Crippen molar-refractivity contribution >= 4 is 28.1 Å². The normalized spacial score (nSPS) is 11.2. The molecule has 2 aromatic heterocycles. The summed E-state index contributed by atoms with van der Waals surface area (Å²) in [6, 6.07) is 8.06. The van der Waals surface area contributed by atoms with E-state index in [0.29, 0.717) is 6.61 Å². The summed E-state index contributed by atoms with van der Waals surface area (Å²) in [5.41, 5.74) is 3.16. The number of hydrogen-bond donors (Lipinski definition) is 0. The van der Waals surface area contributed by atoms with Crippen LogP contribution in [0.4, 0.5) is 0 Å². The number of aromatic nitrogens is 3. The predicted octanol–water partition coefficient (Wildman–Crippen LogP) is 4.28. The Morgan fingerprint density at radius 2 is 2.00 bits per heavy atom. The number of fused-ring (bicyclic) bond motifs is 1. The van der Waals surface area contributed by atoms with Crippen LogP contribution in [0.1, 0.15) is 19.5 Å². The van der Waals surface area contributed by atoms with Crippen molar-refractivity contribution in [1.29, 1.82) is 0 Å². The molecule has 0 aliphatic carbocycles. The molecule has 2 heterocycles. The molecule has 0 saturated heterocycles. The molecule has 0 saturated carbocycles. The molecular weight excluding hydrogens is 302 g/mol. The summed E-state index contributed by atoms with van der Waals surface area (Å²) >= 11 is 3.40. The number of ether oxygens (including phenoxy) is 1. The predicted molar refractivity (Wildman–Crippen MR) is 88.6 cm³/mol. The number of nitrogens with zero attached hydrogens (tertiary/aromatic N) is 3. The SMILES string of the molecule is CCOc1ccc(-c2nc3sc(SCC)nn3c2C)cc1. The van der Waals surface area contributed by atoms with Crippen LogP contribution in [0.25, 0.3) is 16.2 Å². The van der Waals surface area contributed by atoms with Gasteiger partial charge in [0.05, 0.1) is 18.0 Å². The number of hydrogen-bond acceptors (Lipinski definition) is 5. The van der Waals surface area contributed by atoms with Crippen molar-refractivity contribution in [3.8, 4) is 17.0 Å². The lowest BCUT2D eigenvalue weighted by Crippen LogP contribution is -1.91. The minimum absolute atomic E-state index is 0.681. The van der Waals surface area contributed by atoms with Crippen molar-refractivity contribution in [3.05, 3.63) is 30.0 Å². The zero-order valence-corrected chi connectivity index (χ0v) is 13.9. The maximum Gasteiger partial charge on any atom is 0.213 e. The molecule has 0 aliphatic rings. The summed E-state index contributed by atoms with van der Waals surface area (Å²) < 4.78 is 8.48. The summed E-state index contributed by atoms with van der Waals surface area (Å²) in [4.78, 5) is 5.68. The fourth-order valence-corrected chi connectivity index (χ4v) is 4.04. The van der Waals surface area contributed by atoms with E-state index in [1.165, 1.54) is 0 Å². The van der Waals surface area contributed by atoms with Gasteiger partial charge in [0.1, 0.15) is 5.75 Å². The van der Waals surface area contributed by atoms with Gasteiger partial charge in [-0.05, 0) is 43.9 Å². The van der Waals surface area contributed by atoms with E-state index in [1.807, 2.05) is 35.7 Å². The molecule has 0 atom stereocenters. The van der Waals surface area contributed by atoms with Crippen LogP contribution in [0.2, 0.25) is 0 Å². The molecule has 3 aromatic rings. The Kier molecular flexibility index (Phi) is 4.17. The molecule has 0 bridgehead atoms. The summed E-state index contributed by atoms with van der Waals surface area (Å²) in [5, 5.41) is 4.61. The van der Waals surface area contributed by atoms with E-state index in [4.69, 9.17) is 9.72 Å². The Bertz CT molecular complexity index is 746. The first kappa shape index (κ1) is 14.4. The third-order valence-electron chi connectivity index (χ3n) is 3.12. The van der Waals surface area contributed by atoms with Gasteiger partial charge in [0.25, 0.3) is 0 Å². The molecule has 0 spiro atoms. The van der Waals surface area contributed by atoms with Crippen molar-refractivity contribution in [1.82, 2.24) is 14.6 Å². The lowest BCUT2D eigenvalue weighted by Gasteiger charge is -2.04. The number of rotatable bonds is 5. The molecule has 3 rings (SSSR count). The van der Waals surface area contributed by atoms with Gasteiger partial charge in [0.15, 0.2) is 4.34 Å². The Hall–Kier alpha value is -1.53. The second-order valence-electron chi connectivity index (χ2n) is 4.50. The van der Waals surface area contributed by atoms with Crippen LogP contribution in [0.5, 0.6) is 5.75 Å². The van der Waals surface area contributed by atoms with Gasteiger partial charge in [-0.15, -0.1) is 5.10 Å². The van der Waals surface area contributed by atoms with Crippen molar-refractivity contribution in [2.24, 2.45) is 0 Å². The van der Waals surface area contributed by atoms with E-state index in [-0.39, 0.29) is 0 Å². The second-order valence-corrected chi connectivity index (χ2v) is 6.97. The van der Waals surface area contributed by atoms with Gasteiger partial charge < -0.3 is 4.74 Å². The molecule has 0 N–H and O–H groups in total. The van der Waals surface area contributed by atoms with E-state index in [0.717, 1.165) is 37.8 Å². The molecule has 0 amide bonds. The zero-order valence-electron chi connectivity index (χ0n) is 12.3. The largest absolute Gasteiger partial charge is 0.494 e. The molecule has 0 radical (unpaired) electrons. The molecule has 110 valence electrons. The third-order valence-corrected chi connectivity index (χ3v) is 5.04. The number of benzene rings is 1. The molecule has 0 unspecified atom stereocenters. The highest BCUT2D eigenvalue weighted by Crippen LogP contribution is 2.30. The van der Waals surface area contributed by atoms with Crippen LogP contribution < -0.4 is 4.74 Å². The first-order valence-corrected chi connectivity index (χ1v) is 8.75. The lowest BCUT2D eigenvalue weighted by molar-refractivity contribution is 0.340. The van der Waals surface area contributed by atoms with Gasteiger partial charge in [-0.25, -0.2) is 9.50 Å². The van der Waals surface area contributed by atoms with E-state index in [2.05, 4.69) is 18.9 Å². The van der Waals surface area contributed by atoms with Gasteiger partial charge in [0.2, 0.25) is 4.96 Å². The molecule has 0 fully saturated rings. The maximum atomic E-state index is 5.47. The van der Waals surface area contributed by atoms with Crippen molar-refractivity contribution in [3.63, 3.8) is 0 Å². The van der Waals surface area contributed by atoms with E-state index in [1.54, 1.807) is 23.1 Å². The first-order valence-electron chi connectivity index (χ1n) is 6.95. The molecule has 6 heteroatoms. The Labute approximate surface area is 132 Å². The highest BCUT2D eigenvalue weighted by molar-refractivity contribution is 8.01. The topological polar surface area (TPSA) is 39.4 Å². The highest BCUT2D eigenvalue weighted by Gasteiger charge is 2.14. The van der Waals surface area contributed by atoms with E-state index >= 15 is 0 Å². The number of imidazole rings is 1. The van der Waals surface area contributed by atoms with Gasteiger partial charge in [-0.3, -0.25) is 0 Å². The number of thioether (sulfide) groups is 1. The van der Waals surface area contributed by atoms with Crippen LogP contribution >= 0.6 is 23.1 Å². The van der Waals surface area contributed by atoms with Crippen molar-refractivity contribution < 1.29 is 4.74 Å². The van der Waals surface area contributed by atoms with Crippen LogP contribution in [0, 0.1) is 6.92 Å². The van der Waals surface area contributed by atoms with Crippen LogP contribution in [-0.4, -0.2) is 27.0 Å². The summed E-state index contributed by atoms with van der Waals surface area (Å²) in [6.07, 6.45) is 0. The van der Waals surface area contributed by atoms with Crippen LogP contribution in [-0.2, 0) is 0 Å². The summed E-state index contributed by atoms with van der Waals surface area (Å²) in [7, 11) is 0. The van der Waals surface area contributed by atoms with Crippen LogP contribution in [0.3, 0.4) is 0 Å². The average molecular weight is 319 g/mol. The molecule has 21 heavy (non-hydrogen) atoms. The minimum Gasteiger partial charge on any atom is -0.494 e. The Morgan fingerprint density at radius 3 is 2.62 bits per heavy atom. The van der Waals surface area contributed by atoms with Gasteiger partial charge in [-0.2, -0.15) is 0 Å². The molecule has 0 aliphatic heterocycles. The minimum atomic E-state index is 0.681. The summed E-state index contributed by atoms with van der Waals surface area (Å²) in [5.74, 6) is 1.92. The Balaban J connectivity index is 1.96. The van der Waals surface area contributed by atoms with E-state index in [9.17, 15) is 0 Å². The second kappa shape index (κ2) is 6.07. The van der Waals surface area contributed by atoms with Crippen molar-refractivity contribution in [2.75, 3.05) is 12.4 Å². The standard InChI is InChI=1S/C15H17N3OS2/c1-4-19-12-8-6-11(7-9-12)13-10(3)18-14(16-13)21-15(17-18)20-5-2/h6-9H,4-5H2,1-3H3. The quantitative estimate of drug-likeness (QED) is 0.658. The first-order chi connectivity index (χ1) is 10.2.